The highest BCUT2D eigenvalue weighted by Crippen LogP contribution is 2.72. The summed E-state index contributed by atoms with van der Waals surface area (Å²) in [5.74, 6) is -0.114. The van der Waals surface area contributed by atoms with Gasteiger partial charge in [-0.2, -0.15) is 13.2 Å². The fraction of sp³-hybridized carbons (Fsp3) is 0.588. The molecular formula is C17H21F3N2O. The predicted octanol–water partition coefficient (Wildman–Crippen LogP) is 3.08. The summed E-state index contributed by atoms with van der Waals surface area (Å²) in [6.07, 6.45) is -4.13. The highest BCUT2D eigenvalue weighted by Gasteiger charge is 2.81. The largest absolute Gasteiger partial charge is 0.396 e. The second-order valence-corrected chi connectivity index (χ2v) is 7.07. The van der Waals surface area contributed by atoms with Crippen LogP contribution < -0.4 is 10.6 Å². The Hall–Kier alpha value is -1.56. The van der Waals surface area contributed by atoms with Gasteiger partial charge in [-0.1, -0.05) is 32.0 Å². The van der Waals surface area contributed by atoms with Gasteiger partial charge in [-0.05, 0) is 24.0 Å². The van der Waals surface area contributed by atoms with Crippen LogP contribution in [-0.2, 0) is 0 Å². The fourth-order valence-corrected chi connectivity index (χ4v) is 3.88. The lowest BCUT2D eigenvalue weighted by atomic mass is 9.94. The Morgan fingerprint density at radius 3 is 2.61 bits per heavy atom. The zero-order valence-electron chi connectivity index (χ0n) is 13.3. The van der Waals surface area contributed by atoms with E-state index in [0.29, 0.717) is 12.1 Å². The minimum Gasteiger partial charge on any atom is -0.351 e. The molecule has 0 radical (unpaired) electrons. The molecule has 1 aliphatic heterocycles. The summed E-state index contributed by atoms with van der Waals surface area (Å²) in [5.41, 5.74) is -1.09. The molecule has 0 unspecified atom stereocenters. The van der Waals surface area contributed by atoms with Crippen molar-refractivity contribution in [1.82, 2.24) is 10.6 Å². The third-order valence-corrected chi connectivity index (χ3v) is 5.38. The number of carbonyl (C=O) groups is 1. The molecule has 0 aromatic heterocycles. The van der Waals surface area contributed by atoms with Crippen molar-refractivity contribution in [3.05, 3.63) is 35.4 Å². The fourth-order valence-electron chi connectivity index (χ4n) is 3.88. The van der Waals surface area contributed by atoms with E-state index < -0.39 is 17.0 Å². The summed E-state index contributed by atoms with van der Waals surface area (Å²) in [6, 6.07) is 7.24. The van der Waals surface area contributed by atoms with Gasteiger partial charge in [-0.3, -0.25) is 4.79 Å². The van der Waals surface area contributed by atoms with Crippen molar-refractivity contribution in [2.24, 2.45) is 10.8 Å². The second-order valence-electron chi connectivity index (χ2n) is 7.07. The van der Waals surface area contributed by atoms with Gasteiger partial charge in [0.1, 0.15) is 0 Å². The first-order chi connectivity index (χ1) is 10.7. The number of fused-ring (bicyclic) bond motifs is 1. The average Bonchev–Trinajstić information content (AvgIpc) is 3.01. The predicted molar refractivity (Wildman–Crippen MR) is 81.3 cm³/mol. The van der Waals surface area contributed by atoms with Crippen molar-refractivity contribution in [3.63, 3.8) is 0 Å². The number of piperidine rings is 1. The SMILES string of the molecule is CC(C)c1ccccc1C(=O)NC[C@@]12CNC[C@]1(C(F)(F)F)C2. The number of rotatable bonds is 4. The second kappa shape index (κ2) is 5.23. The molecule has 1 heterocycles. The van der Waals surface area contributed by atoms with Crippen molar-refractivity contribution >= 4 is 5.91 Å². The molecule has 23 heavy (non-hydrogen) atoms. The normalized spacial score (nSPS) is 29.5. The highest BCUT2D eigenvalue weighted by atomic mass is 19.4. The number of hydrogen-bond acceptors (Lipinski definition) is 2. The Kier molecular flexibility index (Phi) is 3.71. The molecule has 2 aliphatic rings. The molecule has 3 nitrogen and oxygen atoms in total. The maximum atomic E-state index is 13.3. The molecule has 2 fully saturated rings. The molecule has 1 saturated carbocycles. The minimum absolute atomic E-state index is 0.0467. The summed E-state index contributed by atoms with van der Waals surface area (Å²) >= 11 is 0. The molecule has 6 heteroatoms. The topological polar surface area (TPSA) is 41.1 Å². The van der Waals surface area contributed by atoms with Crippen LogP contribution in [0.5, 0.6) is 0 Å². The van der Waals surface area contributed by atoms with Gasteiger partial charge in [-0.25, -0.2) is 0 Å². The van der Waals surface area contributed by atoms with Crippen molar-refractivity contribution in [1.29, 1.82) is 0 Å². The van der Waals surface area contributed by atoms with E-state index in [1.165, 1.54) is 0 Å². The number of carbonyl (C=O) groups excluding carboxylic acids is 1. The van der Waals surface area contributed by atoms with Gasteiger partial charge in [0.05, 0.1) is 5.41 Å². The van der Waals surface area contributed by atoms with Gasteiger partial charge in [0.2, 0.25) is 0 Å². The zero-order valence-corrected chi connectivity index (χ0v) is 13.3. The number of alkyl halides is 3. The third kappa shape index (κ3) is 2.43. The van der Waals surface area contributed by atoms with Gasteiger partial charge >= 0.3 is 6.18 Å². The Morgan fingerprint density at radius 2 is 2.00 bits per heavy atom. The number of benzene rings is 1. The molecule has 2 atom stereocenters. The molecule has 0 spiro atoms. The van der Waals surface area contributed by atoms with Gasteiger partial charge in [-0.15, -0.1) is 0 Å². The Morgan fingerprint density at radius 1 is 1.30 bits per heavy atom. The summed E-state index contributed by atoms with van der Waals surface area (Å²) in [5, 5.41) is 5.57. The van der Waals surface area contributed by atoms with Crippen molar-refractivity contribution in [2.45, 2.75) is 32.4 Å². The number of hydrogen-bond donors (Lipinski definition) is 2. The first-order valence-corrected chi connectivity index (χ1v) is 7.87. The first kappa shape index (κ1) is 16.3. The maximum absolute atomic E-state index is 13.3. The van der Waals surface area contributed by atoms with E-state index in [2.05, 4.69) is 10.6 Å². The van der Waals surface area contributed by atoms with Crippen LogP contribution in [0.3, 0.4) is 0 Å². The molecule has 1 saturated heterocycles. The Balaban J connectivity index is 1.72. The van der Waals surface area contributed by atoms with E-state index >= 15 is 0 Å². The van der Waals surface area contributed by atoms with E-state index in [1.54, 1.807) is 12.1 Å². The van der Waals surface area contributed by atoms with Crippen LogP contribution >= 0.6 is 0 Å². The molecule has 0 bridgehead atoms. The lowest BCUT2D eigenvalue weighted by Crippen LogP contribution is -2.37. The van der Waals surface area contributed by atoms with Crippen LogP contribution in [0.25, 0.3) is 0 Å². The smallest absolute Gasteiger partial charge is 0.351 e. The summed E-state index contributed by atoms with van der Waals surface area (Å²) in [6.45, 7) is 4.29. The van der Waals surface area contributed by atoms with E-state index in [4.69, 9.17) is 0 Å². The number of amides is 1. The molecule has 1 aliphatic carbocycles. The van der Waals surface area contributed by atoms with Crippen LogP contribution in [0.15, 0.2) is 24.3 Å². The highest BCUT2D eigenvalue weighted by molar-refractivity contribution is 5.95. The summed E-state index contributed by atoms with van der Waals surface area (Å²) < 4.78 is 39.9. The van der Waals surface area contributed by atoms with E-state index in [1.807, 2.05) is 26.0 Å². The minimum atomic E-state index is -4.23. The Labute approximate surface area is 133 Å². The first-order valence-electron chi connectivity index (χ1n) is 7.87. The van der Waals surface area contributed by atoms with Crippen LogP contribution in [0.4, 0.5) is 13.2 Å². The molecule has 1 aromatic carbocycles. The number of nitrogens with one attached hydrogen (secondary N) is 2. The zero-order chi connectivity index (χ0) is 16.9. The standard InChI is InChI=1S/C17H21F3N2O/c1-11(2)12-5-3-4-6-13(12)14(23)22-9-15-7-16(15,10-21-8-15)17(18,19)20/h3-6,11,21H,7-10H2,1-2H3,(H,22,23)/t15-,16-/m1/s1. The molecule has 126 valence electrons. The quantitative estimate of drug-likeness (QED) is 0.893. The summed E-state index contributed by atoms with van der Waals surface area (Å²) in [4.78, 5) is 12.4. The van der Waals surface area contributed by atoms with Crippen LogP contribution in [0, 0.1) is 10.8 Å². The van der Waals surface area contributed by atoms with E-state index in [0.717, 1.165) is 5.56 Å². The van der Waals surface area contributed by atoms with Crippen LogP contribution in [0.2, 0.25) is 0 Å². The molecule has 1 aromatic rings. The van der Waals surface area contributed by atoms with Gasteiger partial charge in [0.15, 0.2) is 0 Å². The molecule has 1 amide bonds. The van der Waals surface area contributed by atoms with Gasteiger partial charge in [0, 0.05) is 30.6 Å². The van der Waals surface area contributed by atoms with Crippen LogP contribution in [0.1, 0.15) is 42.1 Å². The Bertz CT molecular complexity index is 629. The summed E-state index contributed by atoms with van der Waals surface area (Å²) in [7, 11) is 0. The monoisotopic (exact) mass is 326 g/mol. The van der Waals surface area contributed by atoms with Crippen molar-refractivity contribution < 1.29 is 18.0 Å². The van der Waals surface area contributed by atoms with Gasteiger partial charge in [0.25, 0.3) is 5.91 Å². The lowest BCUT2D eigenvalue weighted by Gasteiger charge is -2.21. The van der Waals surface area contributed by atoms with Crippen LogP contribution in [-0.4, -0.2) is 31.7 Å². The third-order valence-electron chi connectivity index (χ3n) is 5.38. The van der Waals surface area contributed by atoms with E-state index in [-0.39, 0.29) is 31.3 Å². The number of halogens is 3. The lowest BCUT2D eigenvalue weighted by molar-refractivity contribution is -0.190. The molecular weight excluding hydrogens is 305 g/mol. The maximum Gasteiger partial charge on any atom is 0.396 e. The molecule has 2 N–H and O–H groups in total. The van der Waals surface area contributed by atoms with Crippen molar-refractivity contribution in [2.75, 3.05) is 19.6 Å². The molecule has 3 rings (SSSR count). The van der Waals surface area contributed by atoms with E-state index in [9.17, 15) is 18.0 Å². The van der Waals surface area contributed by atoms with Gasteiger partial charge < -0.3 is 10.6 Å². The average molecular weight is 326 g/mol. The van der Waals surface area contributed by atoms with Crippen molar-refractivity contribution in [3.8, 4) is 0 Å².